The molecule has 2 rings (SSSR count). The molecule has 1 atom stereocenters. The Bertz CT molecular complexity index is 648. The monoisotopic (exact) mass is 353 g/mol. The third-order valence-electron chi connectivity index (χ3n) is 2.59. The van der Waals surface area contributed by atoms with Crippen LogP contribution in [0.25, 0.3) is 6.08 Å². The zero-order valence-corrected chi connectivity index (χ0v) is 12.3. The number of hydrogen-bond donors (Lipinski definition) is 3. The van der Waals surface area contributed by atoms with Crippen molar-refractivity contribution < 1.29 is 19.1 Å². The van der Waals surface area contributed by atoms with Crippen molar-refractivity contribution in [3.05, 3.63) is 46.9 Å². The summed E-state index contributed by atoms with van der Waals surface area (Å²) in [7, 11) is 0. The molecule has 2 aromatic rings. The van der Waals surface area contributed by atoms with E-state index >= 15 is 0 Å². The Labute approximate surface area is 128 Å². The minimum atomic E-state index is -1.12. The van der Waals surface area contributed by atoms with E-state index in [0.29, 0.717) is 16.1 Å². The van der Waals surface area contributed by atoms with Gasteiger partial charge >= 0.3 is 5.97 Å². The standard InChI is InChI=1S/C13H12BrN3O4/c14-11-3-1-9(21-11)2-4-12(18)17-10(13(19)20)5-8-6-15-7-16-8/h1-4,6-7,10H,5H2,(H,15,16)(H,17,18)(H,19,20)/b4-2+/t10-/m1/s1. The topological polar surface area (TPSA) is 108 Å². The Morgan fingerprint density at radius 1 is 1.52 bits per heavy atom. The quantitative estimate of drug-likeness (QED) is 0.683. The molecular formula is C13H12BrN3O4. The number of imidazole rings is 1. The molecular weight excluding hydrogens is 342 g/mol. The summed E-state index contributed by atoms with van der Waals surface area (Å²) in [5.41, 5.74) is 0.627. The van der Waals surface area contributed by atoms with Crippen LogP contribution in [0.5, 0.6) is 0 Å². The van der Waals surface area contributed by atoms with E-state index in [1.807, 2.05) is 0 Å². The van der Waals surface area contributed by atoms with Crippen LogP contribution in [0.15, 0.2) is 39.8 Å². The lowest BCUT2D eigenvalue weighted by molar-refractivity contribution is -0.141. The maximum atomic E-state index is 11.7. The second-order valence-electron chi connectivity index (χ2n) is 4.16. The van der Waals surface area contributed by atoms with Crippen LogP contribution in [0.1, 0.15) is 11.5 Å². The maximum absolute atomic E-state index is 11.7. The van der Waals surface area contributed by atoms with E-state index in [1.165, 1.54) is 24.7 Å². The van der Waals surface area contributed by atoms with Gasteiger partial charge in [0.05, 0.1) is 6.33 Å². The van der Waals surface area contributed by atoms with Gasteiger partial charge in [-0.15, -0.1) is 0 Å². The third kappa shape index (κ3) is 4.60. The van der Waals surface area contributed by atoms with Gasteiger partial charge in [0, 0.05) is 24.4 Å². The summed E-state index contributed by atoms with van der Waals surface area (Å²) >= 11 is 3.14. The van der Waals surface area contributed by atoms with E-state index in [2.05, 4.69) is 31.2 Å². The van der Waals surface area contributed by atoms with Gasteiger partial charge in [0.25, 0.3) is 0 Å². The van der Waals surface area contributed by atoms with Crippen LogP contribution in [0.2, 0.25) is 0 Å². The number of carboxylic acids is 1. The third-order valence-corrected chi connectivity index (χ3v) is 3.01. The van der Waals surface area contributed by atoms with Gasteiger partial charge in [-0.25, -0.2) is 9.78 Å². The fraction of sp³-hybridized carbons (Fsp3) is 0.154. The minimum absolute atomic E-state index is 0.126. The Kier molecular flexibility index (Phi) is 4.94. The molecule has 0 saturated heterocycles. The number of carbonyl (C=O) groups excluding carboxylic acids is 1. The average Bonchev–Trinajstić information content (AvgIpc) is 3.07. The molecule has 21 heavy (non-hydrogen) atoms. The summed E-state index contributed by atoms with van der Waals surface area (Å²) in [4.78, 5) is 29.5. The molecule has 0 aliphatic rings. The summed E-state index contributed by atoms with van der Waals surface area (Å²) in [5.74, 6) is -1.15. The van der Waals surface area contributed by atoms with Crippen molar-refractivity contribution in [1.29, 1.82) is 0 Å². The summed E-state index contributed by atoms with van der Waals surface area (Å²) in [6, 6.07) is 2.33. The predicted octanol–water partition coefficient (Wildman–Crippen LogP) is 1.59. The Hall–Kier alpha value is -2.35. The first-order valence-corrected chi connectivity index (χ1v) is 6.78. The number of aromatic amines is 1. The number of rotatable bonds is 6. The number of hydrogen-bond acceptors (Lipinski definition) is 4. The van der Waals surface area contributed by atoms with Gasteiger partial charge in [-0.3, -0.25) is 4.79 Å². The summed E-state index contributed by atoms with van der Waals surface area (Å²) in [6.45, 7) is 0. The van der Waals surface area contributed by atoms with Gasteiger partial charge in [0.15, 0.2) is 4.67 Å². The van der Waals surface area contributed by atoms with Gasteiger partial charge in [0.1, 0.15) is 11.8 Å². The lowest BCUT2D eigenvalue weighted by atomic mass is 10.1. The molecule has 2 aromatic heterocycles. The first-order chi connectivity index (χ1) is 10.0. The zero-order chi connectivity index (χ0) is 15.2. The van der Waals surface area contributed by atoms with Crippen molar-refractivity contribution in [2.75, 3.05) is 0 Å². The number of H-pyrrole nitrogens is 1. The predicted molar refractivity (Wildman–Crippen MR) is 77.3 cm³/mol. The van der Waals surface area contributed by atoms with Gasteiger partial charge in [0.2, 0.25) is 5.91 Å². The van der Waals surface area contributed by atoms with Crippen molar-refractivity contribution >= 4 is 33.9 Å². The molecule has 0 saturated carbocycles. The van der Waals surface area contributed by atoms with Crippen molar-refractivity contribution in [3.8, 4) is 0 Å². The van der Waals surface area contributed by atoms with E-state index in [0.717, 1.165) is 0 Å². The number of nitrogens with one attached hydrogen (secondary N) is 2. The Morgan fingerprint density at radius 3 is 2.90 bits per heavy atom. The van der Waals surface area contributed by atoms with E-state index in [1.54, 1.807) is 12.1 Å². The highest BCUT2D eigenvalue weighted by Gasteiger charge is 2.20. The van der Waals surface area contributed by atoms with Crippen LogP contribution in [-0.4, -0.2) is 33.0 Å². The summed E-state index contributed by atoms with van der Waals surface area (Å²) in [6.07, 6.45) is 5.76. The number of nitrogens with zero attached hydrogens (tertiary/aromatic N) is 1. The first-order valence-electron chi connectivity index (χ1n) is 5.98. The number of furan rings is 1. The van der Waals surface area contributed by atoms with Gasteiger partial charge in [-0.05, 0) is 34.1 Å². The van der Waals surface area contributed by atoms with E-state index < -0.39 is 17.9 Å². The number of carbonyl (C=O) groups is 2. The molecule has 2 heterocycles. The Morgan fingerprint density at radius 2 is 2.33 bits per heavy atom. The fourth-order valence-corrected chi connectivity index (χ4v) is 1.93. The molecule has 110 valence electrons. The number of amides is 1. The number of halogens is 1. The average molecular weight is 354 g/mol. The molecule has 0 spiro atoms. The van der Waals surface area contributed by atoms with Crippen molar-refractivity contribution in [2.24, 2.45) is 0 Å². The van der Waals surface area contributed by atoms with Crippen molar-refractivity contribution in [1.82, 2.24) is 15.3 Å². The second kappa shape index (κ2) is 6.89. The van der Waals surface area contributed by atoms with Gasteiger partial charge in [-0.1, -0.05) is 0 Å². The van der Waals surface area contributed by atoms with E-state index in [9.17, 15) is 9.59 Å². The molecule has 0 aliphatic heterocycles. The number of carboxylic acid groups (broad SMARTS) is 1. The molecule has 7 nitrogen and oxygen atoms in total. The van der Waals surface area contributed by atoms with Crippen LogP contribution >= 0.6 is 15.9 Å². The SMILES string of the molecule is O=C(/C=C/c1ccc(Br)o1)N[C@H](Cc1cnc[nH]1)C(=O)O. The smallest absolute Gasteiger partial charge is 0.326 e. The van der Waals surface area contributed by atoms with Crippen molar-refractivity contribution in [3.63, 3.8) is 0 Å². The van der Waals surface area contributed by atoms with Crippen LogP contribution in [-0.2, 0) is 16.0 Å². The molecule has 0 bridgehead atoms. The Balaban J connectivity index is 1.95. The molecule has 3 N–H and O–H groups in total. The highest BCUT2D eigenvalue weighted by atomic mass is 79.9. The molecule has 0 unspecified atom stereocenters. The summed E-state index contributed by atoms with van der Waals surface area (Å²) in [5, 5.41) is 11.5. The van der Waals surface area contributed by atoms with Crippen LogP contribution in [0, 0.1) is 0 Å². The molecule has 1 amide bonds. The second-order valence-corrected chi connectivity index (χ2v) is 4.94. The summed E-state index contributed by atoms with van der Waals surface area (Å²) < 4.78 is 5.74. The highest BCUT2D eigenvalue weighted by Crippen LogP contribution is 2.14. The van der Waals surface area contributed by atoms with Gasteiger partial charge in [-0.2, -0.15) is 0 Å². The molecule has 8 heteroatoms. The number of aliphatic carboxylic acids is 1. The van der Waals surface area contributed by atoms with Crippen LogP contribution in [0.3, 0.4) is 0 Å². The van der Waals surface area contributed by atoms with Crippen LogP contribution in [0.4, 0.5) is 0 Å². The van der Waals surface area contributed by atoms with E-state index in [-0.39, 0.29) is 6.42 Å². The van der Waals surface area contributed by atoms with Crippen molar-refractivity contribution in [2.45, 2.75) is 12.5 Å². The highest BCUT2D eigenvalue weighted by molar-refractivity contribution is 9.10. The maximum Gasteiger partial charge on any atom is 0.326 e. The molecule has 0 aliphatic carbocycles. The lowest BCUT2D eigenvalue weighted by Gasteiger charge is -2.11. The normalized spacial score (nSPS) is 12.4. The van der Waals surface area contributed by atoms with Gasteiger partial charge < -0.3 is 19.8 Å². The fourth-order valence-electron chi connectivity index (χ4n) is 1.61. The zero-order valence-electron chi connectivity index (χ0n) is 10.7. The first kappa shape index (κ1) is 15.0. The number of aromatic nitrogens is 2. The lowest BCUT2D eigenvalue weighted by Crippen LogP contribution is -2.41. The molecule has 0 fully saturated rings. The minimum Gasteiger partial charge on any atom is -0.480 e. The molecule has 0 aromatic carbocycles. The van der Waals surface area contributed by atoms with E-state index in [4.69, 9.17) is 9.52 Å². The van der Waals surface area contributed by atoms with Crippen LogP contribution < -0.4 is 5.32 Å². The largest absolute Gasteiger partial charge is 0.480 e. The molecule has 0 radical (unpaired) electrons.